The van der Waals surface area contributed by atoms with Crippen molar-refractivity contribution in [2.75, 3.05) is 30.8 Å². The maximum atomic E-state index is 12.8. The normalized spacial score (nSPS) is 11.2. The van der Waals surface area contributed by atoms with Crippen LogP contribution in [0.1, 0.15) is 31.5 Å². The number of carbonyl (C=O) groups is 3. The number of guanidine groups is 1. The molecule has 180 valence electrons. The molecular weight excluding hydrogens is 438 g/mol. The maximum Gasteiger partial charge on any atom is 0.272 e. The molecule has 3 amide bonds. The molecule has 3 rings (SSSR count). The van der Waals surface area contributed by atoms with E-state index in [2.05, 4.69) is 26.3 Å². The lowest BCUT2D eigenvalue weighted by Gasteiger charge is -2.07. The molecule has 3 aromatic heterocycles. The van der Waals surface area contributed by atoms with Crippen LogP contribution in [0.5, 0.6) is 0 Å². The van der Waals surface area contributed by atoms with Gasteiger partial charge in [0.05, 0.1) is 11.4 Å². The molecule has 0 radical (unpaired) electrons. The Morgan fingerprint density at radius 3 is 1.88 bits per heavy atom. The number of aromatic nitrogens is 3. The molecule has 0 aliphatic carbocycles. The van der Waals surface area contributed by atoms with E-state index in [0.717, 1.165) is 0 Å². The molecule has 0 atom stereocenters. The Morgan fingerprint density at radius 1 is 0.824 bits per heavy atom. The van der Waals surface area contributed by atoms with Crippen molar-refractivity contribution in [2.45, 2.75) is 0 Å². The van der Waals surface area contributed by atoms with Crippen molar-refractivity contribution in [3.05, 3.63) is 59.9 Å². The third kappa shape index (κ3) is 5.65. The van der Waals surface area contributed by atoms with E-state index in [1.165, 1.54) is 0 Å². The number of anilines is 2. The predicted octanol–water partition coefficient (Wildman–Crippen LogP) is 0.471. The number of carbonyl (C=O) groups excluding carboxylic acids is 3. The zero-order valence-electron chi connectivity index (χ0n) is 19.5. The van der Waals surface area contributed by atoms with Gasteiger partial charge >= 0.3 is 0 Å². The summed E-state index contributed by atoms with van der Waals surface area (Å²) in [5, 5.41) is 11.2. The van der Waals surface area contributed by atoms with Gasteiger partial charge in [-0.05, 0) is 24.3 Å². The van der Waals surface area contributed by atoms with Crippen molar-refractivity contribution in [3.8, 4) is 0 Å². The summed E-state index contributed by atoms with van der Waals surface area (Å²) in [6, 6.07) is 6.66. The van der Waals surface area contributed by atoms with E-state index in [0.29, 0.717) is 47.5 Å². The standard InChI is InChI=1S/C22H29N9O3/c1-24-22(23)26-8-7-25-19(32)17-10-14(12-30(17)3)28-21(34)18-11-15(13-31(18)4)27-20(33)16-6-5-9-29(16)2/h5-6,9-13H,7-8H2,1-4H3,(H,25,32)(H,27,33)(H,28,34)(H3,23,24,26). The predicted molar refractivity (Wildman–Crippen MR) is 130 cm³/mol. The molecule has 0 saturated carbocycles. The molecule has 12 heteroatoms. The molecular formula is C22H29N9O3. The summed E-state index contributed by atoms with van der Waals surface area (Å²) in [6.45, 7) is 0.780. The summed E-state index contributed by atoms with van der Waals surface area (Å²) >= 11 is 0. The Kier molecular flexibility index (Phi) is 7.41. The molecule has 0 aliphatic heterocycles. The molecule has 6 N–H and O–H groups in total. The minimum Gasteiger partial charge on any atom is -0.370 e. The van der Waals surface area contributed by atoms with Crippen LogP contribution in [-0.2, 0) is 21.1 Å². The first-order valence-corrected chi connectivity index (χ1v) is 10.5. The topological polar surface area (TPSA) is 152 Å². The van der Waals surface area contributed by atoms with E-state index >= 15 is 0 Å². The van der Waals surface area contributed by atoms with Crippen LogP contribution in [0.3, 0.4) is 0 Å². The van der Waals surface area contributed by atoms with Crippen molar-refractivity contribution in [1.82, 2.24) is 24.3 Å². The van der Waals surface area contributed by atoms with E-state index in [4.69, 9.17) is 5.73 Å². The van der Waals surface area contributed by atoms with Gasteiger partial charge in [0.25, 0.3) is 17.7 Å². The Hall–Kier alpha value is -4.48. The number of aliphatic imine (C=N–C) groups is 1. The quantitative estimate of drug-likeness (QED) is 0.185. The van der Waals surface area contributed by atoms with Crippen molar-refractivity contribution < 1.29 is 14.4 Å². The minimum atomic E-state index is -0.377. The monoisotopic (exact) mass is 467 g/mol. The average Bonchev–Trinajstić information content (AvgIpc) is 3.49. The highest BCUT2D eigenvalue weighted by molar-refractivity contribution is 6.07. The fourth-order valence-electron chi connectivity index (χ4n) is 3.34. The van der Waals surface area contributed by atoms with Gasteiger partial charge in [0, 0.05) is 59.9 Å². The molecule has 0 bridgehead atoms. The van der Waals surface area contributed by atoms with Crippen LogP contribution in [-0.4, -0.2) is 57.5 Å². The molecule has 0 saturated heterocycles. The molecule has 0 spiro atoms. The highest BCUT2D eigenvalue weighted by Crippen LogP contribution is 2.18. The minimum absolute atomic E-state index is 0.274. The molecule has 0 aromatic carbocycles. The smallest absolute Gasteiger partial charge is 0.272 e. The fourth-order valence-corrected chi connectivity index (χ4v) is 3.34. The third-order valence-corrected chi connectivity index (χ3v) is 5.12. The number of nitrogens with zero attached hydrogens (tertiary/aromatic N) is 4. The van der Waals surface area contributed by atoms with Crippen molar-refractivity contribution in [1.29, 1.82) is 0 Å². The van der Waals surface area contributed by atoms with Crippen molar-refractivity contribution in [2.24, 2.45) is 31.9 Å². The highest BCUT2D eigenvalue weighted by atomic mass is 16.2. The first-order chi connectivity index (χ1) is 16.2. The summed E-state index contributed by atoms with van der Waals surface area (Å²) in [7, 11) is 6.77. The average molecular weight is 468 g/mol. The van der Waals surface area contributed by atoms with Gasteiger partial charge in [-0.2, -0.15) is 0 Å². The van der Waals surface area contributed by atoms with E-state index in [1.807, 2.05) is 0 Å². The van der Waals surface area contributed by atoms with Gasteiger partial charge in [0.2, 0.25) is 0 Å². The SMILES string of the molecule is CN=C(N)NCCNC(=O)c1cc(NC(=O)c2cc(NC(=O)c3cccn3C)cn2C)cn1C. The third-order valence-electron chi connectivity index (χ3n) is 5.12. The lowest BCUT2D eigenvalue weighted by atomic mass is 10.3. The Labute approximate surface area is 196 Å². The Morgan fingerprint density at radius 2 is 1.35 bits per heavy atom. The number of hydrogen-bond donors (Lipinski definition) is 5. The van der Waals surface area contributed by atoms with Gasteiger partial charge in [0.1, 0.15) is 17.1 Å². The number of rotatable bonds is 8. The first kappa shape index (κ1) is 24.2. The number of nitrogens with two attached hydrogens (primary N) is 1. The maximum absolute atomic E-state index is 12.8. The van der Waals surface area contributed by atoms with Crippen molar-refractivity contribution in [3.63, 3.8) is 0 Å². The van der Waals surface area contributed by atoms with E-state index in [1.54, 1.807) is 84.7 Å². The Bertz CT molecular complexity index is 1230. The second-order valence-corrected chi connectivity index (χ2v) is 7.65. The summed E-state index contributed by atoms with van der Waals surface area (Å²) in [5.41, 5.74) is 7.74. The van der Waals surface area contributed by atoms with Crippen LogP contribution in [0, 0.1) is 0 Å². The summed E-state index contributed by atoms with van der Waals surface area (Å²) in [4.78, 5) is 41.5. The first-order valence-electron chi connectivity index (χ1n) is 10.5. The summed E-state index contributed by atoms with van der Waals surface area (Å²) in [5.74, 6) is -0.649. The van der Waals surface area contributed by atoms with Crippen LogP contribution in [0.15, 0.2) is 47.8 Å². The van der Waals surface area contributed by atoms with Gasteiger partial charge in [0.15, 0.2) is 5.96 Å². The largest absolute Gasteiger partial charge is 0.370 e. The molecule has 0 aliphatic rings. The van der Waals surface area contributed by atoms with Crippen molar-refractivity contribution >= 4 is 35.1 Å². The summed E-state index contributed by atoms with van der Waals surface area (Å²) < 4.78 is 4.95. The van der Waals surface area contributed by atoms with Gasteiger partial charge in [-0.1, -0.05) is 0 Å². The lowest BCUT2D eigenvalue weighted by molar-refractivity contribution is 0.0944. The lowest BCUT2D eigenvalue weighted by Crippen LogP contribution is -2.38. The number of aryl methyl sites for hydroxylation is 3. The molecule has 3 heterocycles. The summed E-state index contributed by atoms with van der Waals surface area (Å²) in [6.07, 6.45) is 5.08. The van der Waals surface area contributed by atoms with Gasteiger partial charge in [-0.3, -0.25) is 19.4 Å². The fraction of sp³-hybridized carbons (Fsp3) is 0.273. The molecule has 34 heavy (non-hydrogen) atoms. The van der Waals surface area contributed by atoms with Crippen LogP contribution < -0.4 is 27.0 Å². The Balaban J connectivity index is 1.61. The zero-order chi connectivity index (χ0) is 24.8. The van der Waals surface area contributed by atoms with Crippen LogP contribution in [0.4, 0.5) is 11.4 Å². The van der Waals surface area contributed by atoms with Crippen LogP contribution >= 0.6 is 0 Å². The van der Waals surface area contributed by atoms with E-state index in [-0.39, 0.29) is 17.7 Å². The number of amides is 3. The number of nitrogens with one attached hydrogen (secondary N) is 4. The molecule has 0 fully saturated rings. The highest BCUT2D eigenvalue weighted by Gasteiger charge is 2.17. The molecule has 12 nitrogen and oxygen atoms in total. The van der Waals surface area contributed by atoms with Gasteiger partial charge in [-0.25, -0.2) is 0 Å². The molecule has 3 aromatic rings. The van der Waals surface area contributed by atoms with Gasteiger partial charge < -0.3 is 40.7 Å². The zero-order valence-corrected chi connectivity index (χ0v) is 19.5. The van der Waals surface area contributed by atoms with Gasteiger partial charge in [-0.15, -0.1) is 0 Å². The van der Waals surface area contributed by atoms with Crippen LogP contribution in [0.25, 0.3) is 0 Å². The van der Waals surface area contributed by atoms with E-state index < -0.39 is 0 Å². The van der Waals surface area contributed by atoms with E-state index in [9.17, 15) is 14.4 Å². The number of hydrogen-bond acceptors (Lipinski definition) is 4. The second-order valence-electron chi connectivity index (χ2n) is 7.65. The second kappa shape index (κ2) is 10.4. The van der Waals surface area contributed by atoms with Crippen LogP contribution in [0.2, 0.25) is 0 Å². The molecule has 0 unspecified atom stereocenters.